The molecule has 0 aliphatic rings. The fourth-order valence-corrected chi connectivity index (χ4v) is 1.74. The van der Waals surface area contributed by atoms with Gasteiger partial charge in [0.15, 0.2) is 0 Å². The molecule has 3 nitrogen and oxygen atoms in total. The van der Waals surface area contributed by atoms with Crippen LogP contribution in [-0.2, 0) is 0 Å². The first-order valence-electron chi connectivity index (χ1n) is 5.91. The summed E-state index contributed by atoms with van der Waals surface area (Å²) in [5, 5.41) is 3.14. The van der Waals surface area contributed by atoms with Gasteiger partial charge in [0.2, 0.25) is 0 Å². The third-order valence-electron chi connectivity index (χ3n) is 2.65. The first kappa shape index (κ1) is 12.4. The number of para-hydroxylation sites is 1. The van der Waals surface area contributed by atoms with Crippen LogP contribution in [0, 0.1) is 5.82 Å². The molecule has 1 aromatic carbocycles. The molecule has 94 valence electrons. The van der Waals surface area contributed by atoms with Crippen molar-refractivity contribution >= 4 is 17.3 Å². The van der Waals surface area contributed by atoms with E-state index in [2.05, 4.69) is 10.3 Å². The number of aromatic nitrogens is 1. The Morgan fingerprint density at radius 3 is 2.67 bits per heavy atom. The topological polar surface area (TPSA) is 28.2 Å². The van der Waals surface area contributed by atoms with E-state index in [1.165, 1.54) is 6.07 Å². The van der Waals surface area contributed by atoms with Crippen LogP contribution in [0.2, 0.25) is 0 Å². The molecular formula is C14H16FN3. The molecular weight excluding hydrogens is 229 g/mol. The first-order valence-corrected chi connectivity index (χ1v) is 5.91. The van der Waals surface area contributed by atoms with Crippen LogP contribution < -0.4 is 10.2 Å². The van der Waals surface area contributed by atoms with Gasteiger partial charge in [-0.1, -0.05) is 18.2 Å². The fraction of sp³-hybridized carbons (Fsp3) is 0.214. The number of nitrogens with zero attached hydrogens (tertiary/aromatic N) is 2. The maximum absolute atomic E-state index is 13.7. The molecule has 0 saturated carbocycles. The normalized spacial score (nSPS) is 10.2. The standard InChI is InChI=1S/C14H16FN3/c1-3-16-13-9-6-10-14(17-13)18(2)12-8-5-4-7-11(12)15/h4-10H,3H2,1-2H3,(H,16,17). The van der Waals surface area contributed by atoms with Crippen molar-refractivity contribution in [3.05, 3.63) is 48.3 Å². The summed E-state index contributed by atoms with van der Waals surface area (Å²) < 4.78 is 13.7. The van der Waals surface area contributed by atoms with Crippen LogP contribution in [-0.4, -0.2) is 18.6 Å². The summed E-state index contributed by atoms with van der Waals surface area (Å²) in [5.74, 6) is 1.24. The average Bonchev–Trinajstić information content (AvgIpc) is 2.39. The monoisotopic (exact) mass is 245 g/mol. The van der Waals surface area contributed by atoms with E-state index in [9.17, 15) is 4.39 Å². The summed E-state index contributed by atoms with van der Waals surface area (Å²) in [4.78, 5) is 6.16. The second-order valence-electron chi connectivity index (χ2n) is 3.92. The Morgan fingerprint density at radius 2 is 1.94 bits per heavy atom. The second kappa shape index (κ2) is 5.49. The van der Waals surface area contributed by atoms with Crippen molar-refractivity contribution in [1.29, 1.82) is 0 Å². The minimum Gasteiger partial charge on any atom is -0.370 e. The number of pyridine rings is 1. The predicted octanol–water partition coefficient (Wildman–Crippen LogP) is 3.42. The van der Waals surface area contributed by atoms with Gasteiger partial charge in [0.05, 0.1) is 5.69 Å². The quantitative estimate of drug-likeness (QED) is 0.894. The van der Waals surface area contributed by atoms with Gasteiger partial charge in [0.1, 0.15) is 17.5 Å². The van der Waals surface area contributed by atoms with E-state index < -0.39 is 0 Å². The number of anilines is 3. The van der Waals surface area contributed by atoms with Crippen LogP contribution in [0.3, 0.4) is 0 Å². The molecule has 4 heteroatoms. The summed E-state index contributed by atoms with van der Waals surface area (Å²) in [6, 6.07) is 12.3. The predicted molar refractivity (Wildman–Crippen MR) is 72.9 cm³/mol. The maximum atomic E-state index is 13.7. The lowest BCUT2D eigenvalue weighted by atomic mass is 10.3. The lowest BCUT2D eigenvalue weighted by molar-refractivity contribution is 0.627. The molecule has 1 aromatic heterocycles. The van der Waals surface area contributed by atoms with Gasteiger partial charge in [0, 0.05) is 13.6 Å². The van der Waals surface area contributed by atoms with Crippen molar-refractivity contribution < 1.29 is 4.39 Å². The molecule has 0 spiro atoms. The van der Waals surface area contributed by atoms with Crippen molar-refractivity contribution in [3.63, 3.8) is 0 Å². The Morgan fingerprint density at radius 1 is 1.17 bits per heavy atom. The lowest BCUT2D eigenvalue weighted by Gasteiger charge is -2.19. The molecule has 0 unspecified atom stereocenters. The minimum absolute atomic E-state index is 0.254. The number of benzene rings is 1. The second-order valence-corrected chi connectivity index (χ2v) is 3.92. The highest BCUT2D eigenvalue weighted by Crippen LogP contribution is 2.25. The zero-order valence-electron chi connectivity index (χ0n) is 10.5. The van der Waals surface area contributed by atoms with E-state index in [1.807, 2.05) is 31.2 Å². The molecule has 0 bridgehead atoms. The van der Waals surface area contributed by atoms with Crippen LogP contribution in [0.1, 0.15) is 6.92 Å². The van der Waals surface area contributed by atoms with Gasteiger partial charge in [-0.25, -0.2) is 9.37 Å². The molecule has 2 aromatic rings. The number of hydrogen-bond donors (Lipinski definition) is 1. The molecule has 0 atom stereocenters. The van der Waals surface area contributed by atoms with E-state index in [-0.39, 0.29) is 5.82 Å². The maximum Gasteiger partial charge on any atom is 0.146 e. The smallest absolute Gasteiger partial charge is 0.146 e. The van der Waals surface area contributed by atoms with Crippen molar-refractivity contribution in [2.75, 3.05) is 23.8 Å². The Bertz CT molecular complexity index is 528. The van der Waals surface area contributed by atoms with Crippen LogP contribution >= 0.6 is 0 Å². The number of nitrogens with one attached hydrogen (secondary N) is 1. The largest absolute Gasteiger partial charge is 0.370 e. The molecule has 0 amide bonds. The molecule has 2 rings (SSSR count). The van der Waals surface area contributed by atoms with Crippen molar-refractivity contribution in [3.8, 4) is 0 Å². The van der Waals surface area contributed by atoms with Gasteiger partial charge >= 0.3 is 0 Å². The van der Waals surface area contributed by atoms with Gasteiger partial charge in [-0.2, -0.15) is 0 Å². The third-order valence-corrected chi connectivity index (χ3v) is 2.65. The Balaban J connectivity index is 2.31. The van der Waals surface area contributed by atoms with E-state index in [4.69, 9.17) is 0 Å². The summed E-state index contributed by atoms with van der Waals surface area (Å²) in [6.07, 6.45) is 0. The van der Waals surface area contributed by atoms with Gasteiger partial charge in [-0.3, -0.25) is 0 Å². The summed E-state index contributed by atoms with van der Waals surface area (Å²) in [7, 11) is 1.80. The zero-order valence-corrected chi connectivity index (χ0v) is 10.5. The van der Waals surface area contributed by atoms with E-state index >= 15 is 0 Å². The van der Waals surface area contributed by atoms with Gasteiger partial charge in [0.25, 0.3) is 0 Å². The highest BCUT2D eigenvalue weighted by atomic mass is 19.1. The van der Waals surface area contributed by atoms with Crippen molar-refractivity contribution in [2.24, 2.45) is 0 Å². The minimum atomic E-state index is -0.254. The van der Waals surface area contributed by atoms with Gasteiger partial charge in [-0.05, 0) is 31.2 Å². The Hall–Kier alpha value is -2.10. The Kier molecular flexibility index (Phi) is 3.77. The van der Waals surface area contributed by atoms with Crippen LogP contribution in [0.25, 0.3) is 0 Å². The van der Waals surface area contributed by atoms with E-state index in [0.717, 1.165) is 12.4 Å². The number of hydrogen-bond acceptors (Lipinski definition) is 3. The highest BCUT2D eigenvalue weighted by Gasteiger charge is 2.09. The van der Waals surface area contributed by atoms with E-state index in [0.29, 0.717) is 11.5 Å². The van der Waals surface area contributed by atoms with Crippen LogP contribution in [0.15, 0.2) is 42.5 Å². The van der Waals surface area contributed by atoms with Gasteiger partial charge < -0.3 is 10.2 Å². The highest BCUT2D eigenvalue weighted by molar-refractivity contribution is 5.61. The molecule has 1 heterocycles. The SMILES string of the molecule is CCNc1cccc(N(C)c2ccccc2F)n1. The summed E-state index contributed by atoms with van der Waals surface area (Å²) >= 11 is 0. The molecule has 1 N–H and O–H groups in total. The number of halogens is 1. The van der Waals surface area contributed by atoms with E-state index in [1.54, 1.807) is 24.1 Å². The van der Waals surface area contributed by atoms with Crippen LogP contribution in [0.5, 0.6) is 0 Å². The molecule has 18 heavy (non-hydrogen) atoms. The molecule has 0 saturated heterocycles. The van der Waals surface area contributed by atoms with Crippen molar-refractivity contribution in [2.45, 2.75) is 6.92 Å². The summed E-state index contributed by atoms with van der Waals surface area (Å²) in [5.41, 5.74) is 0.513. The average molecular weight is 245 g/mol. The third kappa shape index (κ3) is 2.59. The fourth-order valence-electron chi connectivity index (χ4n) is 1.74. The first-order chi connectivity index (χ1) is 8.72. The number of rotatable bonds is 4. The molecule has 0 aliphatic heterocycles. The molecule has 0 fully saturated rings. The van der Waals surface area contributed by atoms with Crippen LogP contribution in [0.4, 0.5) is 21.7 Å². The molecule has 0 radical (unpaired) electrons. The zero-order chi connectivity index (χ0) is 13.0. The van der Waals surface area contributed by atoms with Gasteiger partial charge in [-0.15, -0.1) is 0 Å². The Labute approximate surface area is 106 Å². The molecule has 0 aliphatic carbocycles. The summed E-state index contributed by atoms with van der Waals surface area (Å²) in [6.45, 7) is 2.81. The lowest BCUT2D eigenvalue weighted by Crippen LogP contribution is -2.13. The van der Waals surface area contributed by atoms with Crippen molar-refractivity contribution in [1.82, 2.24) is 4.98 Å².